The van der Waals surface area contributed by atoms with Crippen LogP contribution in [-0.2, 0) is 9.53 Å². The average molecular weight is 241 g/mol. The largest absolute Gasteiger partial charge is 0.333 e. The smallest absolute Gasteiger partial charge is 0.233 e. The second kappa shape index (κ2) is 4.27. The van der Waals surface area contributed by atoms with Gasteiger partial charge >= 0.3 is 0 Å². The first kappa shape index (κ1) is 14.5. The summed E-state index contributed by atoms with van der Waals surface area (Å²) in [5, 5.41) is 0. The van der Waals surface area contributed by atoms with Crippen molar-refractivity contribution < 1.29 is 9.53 Å². The highest BCUT2D eigenvalue weighted by Crippen LogP contribution is 2.43. The number of carbonyl (C=O) groups is 1. The topological polar surface area (TPSA) is 29.5 Å². The molecule has 1 unspecified atom stereocenters. The van der Waals surface area contributed by atoms with E-state index in [1.807, 2.05) is 25.7 Å². The van der Waals surface area contributed by atoms with Crippen molar-refractivity contribution in [3.63, 3.8) is 0 Å². The van der Waals surface area contributed by atoms with Crippen LogP contribution in [0.25, 0.3) is 0 Å². The monoisotopic (exact) mass is 241 g/mol. The highest BCUT2D eigenvalue weighted by molar-refractivity contribution is 5.84. The van der Waals surface area contributed by atoms with Crippen molar-refractivity contribution in [3.05, 3.63) is 0 Å². The minimum atomic E-state index is -0.457. The molecule has 1 saturated heterocycles. The Kier molecular flexibility index (Phi) is 3.64. The van der Waals surface area contributed by atoms with E-state index in [4.69, 9.17) is 4.74 Å². The van der Waals surface area contributed by atoms with E-state index in [0.717, 1.165) is 0 Å². The van der Waals surface area contributed by atoms with Crippen LogP contribution in [0, 0.1) is 17.3 Å². The molecule has 1 heterocycles. The van der Waals surface area contributed by atoms with Crippen LogP contribution in [0.15, 0.2) is 0 Å². The molecule has 0 saturated carbocycles. The summed E-state index contributed by atoms with van der Waals surface area (Å²) >= 11 is 0. The van der Waals surface area contributed by atoms with Crippen LogP contribution in [-0.4, -0.2) is 22.8 Å². The molecule has 0 spiro atoms. The van der Waals surface area contributed by atoms with Crippen LogP contribution < -0.4 is 0 Å². The van der Waals surface area contributed by atoms with E-state index in [1.54, 1.807) is 0 Å². The number of ether oxygens (including phenoxy) is 1. The van der Waals surface area contributed by atoms with Crippen molar-refractivity contribution >= 4 is 5.91 Å². The highest BCUT2D eigenvalue weighted by atomic mass is 16.6. The van der Waals surface area contributed by atoms with Crippen molar-refractivity contribution in [2.75, 3.05) is 0 Å². The first-order valence-electron chi connectivity index (χ1n) is 6.56. The lowest BCUT2D eigenvalue weighted by Crippen LogP contribution is -2.69. The van der Waals surface area contributed by atoms with Gasteiger partial charge in [0.15, 0.2) is 0 Å². The zero-order chi connectivity index (χ0) is 13.6. The fourth-order valence-corrected chi connectivity index (χ4v) is 2.75. The second-order valence-corrected chi connectivity index (χ2v) is 6.43. The summed E-state index contributed by atoms with van der Waals surface area (Å²) in [6.07, 6.45) is -0.102. The summed E-state index contributed by atoms with van der Waals surface area (Å²) in [6.45, 7) is 16.4. The number of carbonyl (C=O) groups excluding carboxylic acids is 1. The fourth-order valence-electron chi connectivity index (χ4n) is 2.75. The number of hydrogen-bond donors (Lipinski definition) is 0. The molecule has 0 N–H and O–H groups in total. The maximum Gasteiger partial charge on any atom is 0.233 e. The molecule has 0 aromatic carbocycles. The standard InChI is InChI=1S/C14H27NO2/c1-9(2)14(8,10(3)4)12(16)15-11(5)17-13(15,6)7/h9-11H,1-8H3. The molecular formula is C14H27NO2. The molecule has 0 aliphatic carbocycles. The summed E-state index contributed by atoms with van der Waals surface area (Å²) in [4.78, 5) is 14.7. The molecule has 1 atom stereocenters. The van der Waals surface area contributed by atoms with Gasteiger partial charge in [-0.15, -0.1) is 0 Å². The first-order valence-corrected chi connectivity index (χ1v) is 6.56. The lowest BCUT2D eigenvalue weighted by atomic mass is 9.69. The highest BCUT2D eigenvalue weighted by Gasteiger charge is 2.53. The summed E-state index contributed by atoms with van der Waals surface area (Å²) in [6, 6.07) is 0. The van der Waals surface area contributed by atoms with Gasteiger partial charge in [-0.3, -0.25) is 9.69 Å². The van der Waals surface area contributed by atoms with Crippen molar-refractivity contribution in [1.82, 2.24) is 4.90 Å². The third-order valence-corrected chi connectivity index (χ3v) is 4.48. The molecule has 1 fully saturated rings. The minimum absolute atomic E-state index is 0.102. The Morgan fingerprint density at radius 2 is 1.65 bits per heavy atom. The van der Waals surface area contributed by atoms with Crippen molar-refractivity contribution in [3.8, 4) is 0 Å². The maximum atomic E-state index is 12.8. The van der Waals surface area contributed by atoms with Crippen LogP contribution in [0.1, 0.15) is 55.4 Å². The van der Waals surface area contributed by atoms with Gasteiger partial charge in [0.1, 0.15) is 12.0 Å². The first-order chi connectivity index (χ1) is 7.55. The molecule has 0 aromatic rings. The quantitative estimate of drug-likeness (QED) is 0.759. The molecule has 1 aliphatic rings. The third kappa shape index (κ3) is 2.10. The molecular weight excluding hydrogens is 214 g/mol. The SMILES string of the molecule is CC1OC(C)(C)N1C(=O)C(C)(C(C)C)C(C)C. The molecule has 1 amide bonds. The van der Waals surface area contributed by atoms with E-state index in [0.29, 0.717) is 11.8 Å². The zero-order valence-electron chi connectivity index (χ0n) is 12.5. The molecule has 1 rings (SSSR count). The predicted molar refractivity (Wildman–Crippen MR) is 69.3 cm³/mol. The van der Waals surface area contributed by atoms with E-state index in [1.165, 1.54) is 0 Å². The molecule has 100 valence electrons. The summed E-state index contributed by atoms with van der Waals surface area (Å²) in [5.74, 6) is 0.850. The van der Waals surface area contributed by atoms with Crippen LogP contribution in [0.2, 0.25) is 0 Å². The van der Waals surface area contributed by atoms with Gasteiger partial charge in [0.2, 0.25) is 5.91 Å². The molecule has 0 bridgehead atoms. The lowest BCUT2D eigenvalue weighted by Gasteiger charge is -2.56. The van der Waals surface area contributed by atoms with Gasteiger partial charge in [0.05, 0.1) is 5.41 Å². The minimum Gasteiger partial charge on any atom is -0.333 e. The summed E-state index contributed by atoms with van der Waals surface area (Å²) < 4.78 is 5.62. The normalized spacial score (nSPS) is 24.1. The number of amides is 1. The van der Waals surface area contributed by atoms with Gasteiger partial charge in [-0.25, -0.2) is 0 Å². The Morgan fingerprint density at radius 3 is 1.88 bits per heavy atom. The lowest BCUT2D eigenvalue weighted by molar-refractivity contribution is -0.321. The Labute approximate surface area is 106 Å². The van der Waals surface area contributed by atoms with Gasteiger partial charge in [-0.1, -0.05) is 34.6 Å². The summed E-state index contributed by atoms with van der Waals surface area (Å²) in [7, 11) is 0. The number of hydrogen-bond acceptors (Lipinski definition) is 2. The Morgan fingerprint density at radius 1 is 1.24 bits per heavy atom. The Bertz CT molecular complexity index is 299. The molecule has 3 heteroatoms. The Hall–Kier alpha value is -0.570. The van der Waals surface area contributed by atoms with Gasteiger partial charge in [-0.2, -0.15) is 0 Å². The average Bonchev–Trinajstić information content (AvgIpc) is 2.13. The van der Waals surface area contributed by atoms with Crippen LogP contribution in [0.5, 0.6) is 0 Å². The van der Waals surface area contributed by atoms with Crippen LogP contribution in [0.3, 0.4) is 0 Å². The predicted octanol–water partition coefficient (Wildman–Crippen LogP) is 3.25. The van der Waals surface area contributed by atoms with Crippen LogP contribution in [0.4, 0.5) is 0 Å². The molecule has 1 aliphatic heterocycles. The molecule has 17 heavy (non-hydrogen) atoms. The molecule has 0 aromatic heterocycles. The van der Waals surface area contributed by atoms with E-state index in [9.17, 15) is 4.79 Å². The fraction of sp³-hybridized carbons (Fsp3) is 0.929. The molecule has 0 radical (unpaired) electrons. The van der Waals surface area contributed by atoms with E-state index >= 15 is 0 Å². The van der Waals surface area contributed by atoms with E-state index in [-0.39, 0.29) is 17.6 Å². The van der Waals surface area contributed by atoms with Gasteiger partial charge < -0.3 is 4.74 Å². The number of rotatable bonds is 3. The number of nitrogens with zero attached hydrogens (tertiary/aromatic N) is 1. The van der Waals surface area contributed by atoms with Gasteiger partial charge in [0.25, 0.3) is 0 Å². The van der Waals surface area contributed by atoms with Crippen molar-refractivity contribution in [2.24, 2.45) is 17.3 Å². The maximum absolute atomic E-state index is 12.8. The third-order valence-electron chi connectivity index (χ3n) is 4.48. The van der Waals surface area contributed by atoms with E-state index in [2.05, 4.69) is 34.6 Å². The molecule has 3 nitrogen and oxygen atoms in total. The van der Waals surface area contributed by atoms with E-state index < -0.39 is 5.72 Å². The van der Waals surface area contributed by atoms with Gasteiger partial charge in [0, 0.05) is 0 Å². The summed E-state index contributed by atoms with van der Waals surface area (Å²) in [5.41, 5.74) is -0.781. The zero-order valence-corrected chi connectivity index (χ0v) is 12.5. The van der Waals surface area contributed by atoms with Crippen molar-refractivity contribution in [1.29, 1.82) is 0 Å². The Balaban J connectivity index is 3.02. The second-order valence-electron chi connectivity index (χ2n) is 6.43. The van der Waals surface area contributed by atoms with Gasteiger partial charge in [-0.05, 0) is 32.6 Å². The van der Waals surface area contributed by atoms with Crippen molar-refractivity contribution in [2.45, 2.75) is 67.3 Å². The van der Waals surface area contributed by atoms with Crippen LogP contribution >= 0.6 is 0 Å².